The van der Waals surface area contributed by atoms with Crippen molar-refractivity contribution in [1.82, 2.24) is 5.32 Å². The van der Waals surface area contributed by atoms with Gasteiger partial charge in [0.1, 0.15) is 0 Å². The minimum absolute atomic E-state index is 0.297. The molecule has 3 aliphatic rings. The second-order valence-corrected chi connectivity index (χ2v) is 5.60. The lowest BCUT2D eigenvalue weighted by Gasteiger charge is -2.61. The Morgan fingerprint density at radius 3 is 2.69 bits per heavy atom. The molecule has 3 heteroatoms. The lowest BCUT2D eigenvalue weighted by atomic mass is 9.51. The Labute approximate surface area is 96.9 Å². The summed E-state index contributed by atoms with van der Waals surface area (Å²) in [4.78, 5) is 11.7. The summed E-state index contributed by atoms with van der Waals surface area (Å²) in [6.07, 6.45) is 7.43. The van der Waals surface area contributed by atoms with Gasteiger partial charge in [-0.05, 0) is 39.0 Å². The maximum atomic E-state index is 11.7. The van der Waals surface area contributed by atoms with Gasteiger partial charge >= 0.3 is 0 Å². The van der Waals surface area contributed by atoms with Gasteiger partial charge in [-0.1, -0.05) is 6.42 Å². The molecule has 3 saturated carbocycles. The number of carbonyl (C=O) groups excluding carboxylic acids is 1. The smallest absolute Gasteiger partial charge is 0.223 e. The van der Waals surface area contributed by atoms with Crippen molar-refractivity contribution in [2.75, 3.05) is 6.61 Å². The Morgan fingerprint density at radius 2 is 2.19 bits per heavy atom. The van der Waals surface area contributed by atoms with E-state index in [0.717, 1.165) is 25.9 Å². The fourth-order valence-corrected chi connectivity index (χ4v) is 3.28. The van der Waals surface area contributed by atoms with Crippen LogP contribution in [0.2, 0.25) is 0 Å². The highest BCUT2D eigenvalue weighted by Crippen LogP contribution is 2.57. The first-order valence-corrected chi connectivity index (χ1v) is 6.68. The molecule has 1 spiro atoms. The average molecular weight is 223 g/mol. The zero-order valence-electron chi connectivity index (χ0n) is 10.00. The lowest BCUT2D eigenvalue weighted by Crippen LogP contribution is -2.67. The second kappa shape index (κ2) is 3.73. The number of nitrogens with one attached hydrogen (secondary N) is 1. The topological polar surface area (TPSA) is 38.3 Å². The Morgan fingerprint density at radius 1 is 1.44 bits per heavy atom. The summed E-state index contributed by atoms with van der Waals surface area (Å²) in [7, 11) is 0. The fourth-order valence-electron chi connectivity index (χ4n) is 3.28. The molecular weight excluding hydrogens is 202 g/mol. The van der Waals surface area contributed by atoms with E-state index in [4.69, 9.17) is 4.74 Å². The Balaban J connectivity index is 1.58. The second-order valence-electron chi connectivity index (χ2n) is 5.60. The Bertz CT molecular complexity index is 294. The van der Waals surface area contributed by atoms with Gasteiger partial charge in [0.25, 0.3) is 0 Å². The van der Waals surface area contributed by atoms with Gasteiger partial charge in [0.15, 0.2) is 0 Å². The van der Waals surface area contributed by atoms with Crippen LogP contribution in [0.4, 0.5) is 0 Å². The fraction of sp³-hybridized carbons (Fsp3) is 0.923. The summed E-state index contributed by atoms with van der Waals surface area (Å²) >= 11 is 0. The van der Waals surface area contributed by atoms with Crippen LogP contribution in [0.3, 0.4) is 0 Å². The van der Waals surface area contributed by atoms with Crippen LogP contribution in [0.25, 0.3) is 0 Å². The number of ether oxygens (including phenoxy) is 1. The molecule has 0 saturated heterocycles. The highest BCUT2D eigenvalue weighted by atomic mass is 16.5. The van der Waals surface area contributed by atoms with Crippen LogP contribution >= 0.6 is 0 Å². The van der Waals surface area contributed by atoms with Gasteiger partial charge in [-0.25, -0.2) is 0 Å². The monoisotopic (exact) mass is 223 g/mol. The molecule has 0 aromatic heterocycles. The molecule has 0 heterocycles. The van der Waals surface area contributed by atoms with Gasteiger partial charge in [-0.15, -0.1) is 0 Å². The molecular formula is C13H21NO2. The standard InChI is InChI=1S/C13H21NO2/c1-2-16-11-8-10(13(11)6-3-7-13)14-12(15)9-4-5-9/h9-11H,2-8H2,1H3,(H,14,15)/t10-,11-/m0/s1. The van der Waals surface area contributed by atoms with E-state index in [1.807, 2.05) is 0 Å². The van der Waals surface area contributed by atoms with Crippen LogP contribution in [-0.2, 0) is 9.53 Å². The van der Waals surface area contributed by atoms with Gasteiger partial charge in [-0.3, -0.25) is 4.79 Å². The van der Waals surface area contributed by atoms with E-state index < -0.39 is 0 Å². The first-order chi connectivity index (χ1) is 7.76. The van der Waals surface area contributed by atoms with Crippen LogP contribution in [0.5, 0.6) is 0 Å². The molecule has 0 aliphatic heterocycles. The normalized spacial score (nSPS) is 35.3. The zero-order valence-corrected chi connectivity index (χ0v) is 10.00. The van der Waals surface area contributed by atoms with E-state index in [1.165, 1.54) is 19.3 Å². The Kier molecular flexibility index (Phi) is 2.46. The molecule has 3 fully saturated rings. The molecule has 90 valence electrons. The van der Waals surface area contributed by atoms with E-state index in [9.17, 15) is 4.79 Å². The van der Waals surface area contributed by atoms with Crippen LogP contribution in [0.15, 0.2) is 0 Å². The minimum Gasteiger partial charge on any atom is -0.378 e. The third-order valence-corrected chi connectivity index (χ3v) is 4.70. The highest BCUT2D eigenvalue weighted by molar-refractivity contribution is 5.81. The lowest BCUT2D eigenvalue weighted by molar-refractivity contribution is -0.176. The molecule has 0 unspecified atom stereocenters. The summed E-state index contributed by atoms with van der Waals surface area (Å²) in [6, 6.07) is 0.408. The van der Waals surface area contributed by atoms with Gasteiger partial charge in [0.05, 0.1) is 6.10 Å². The largest absolute Gasteiger partial charge is 0.378 e. The summed E-state index contributed by atoms with van der Waals surface area (Å²) in [5.74, 6) is 0.634. The SMILES string of the molecule is CCO[C@H]1C[C@H](NC(=O)C2CC2)C12CCC2. The number of amides is 1. The van der Waals surface area contributed by atoms with Crippen molar-refractivity contribution in [3.05, 3.63) is 0 Å². The van der Waals surface area contributed by atoms with Crippen molar-refractivity contribution < 1.29 is 9.53 Å². The molecule has 2 atom stereocenters. The first kappa shape index (κ1) is 10.6. The number of hydrogen-bond donors (Lipinski definition) is 1. The van der Waals surface area contributed by atoms with E-state index in [2.05, 4.69) is 12.2 Å². The highest BCUT2D eigenvalue weighted by Gasteiger charge is 2.59. The first-order valence-electron chi connectivity index (χ1n) is 6.68. The molecule has 16 heavy (non-hydrogen) atoms. The summed E-state index contributed by atoms with van der Waals surface area (Å²) in [6.45, 7) is 2.86. The van der Waals surface area contributed by atoms with Crippen molar-refractivity contribution in [1.29, 1.82) is 0 Å². The van der Waals surface area contributed by atoms with Gasteiger partial charge < -0.3 is 10.1 Å². The van der Waals surface area contributed by atoms with Gasteiger partial charge in [-0.2, -0.15) is 0 Å². The van der Waals surface area contributed by atoms with E-state index in [1.54, 1.807) is 0 Å². The third-order valence-electron chi connectivity index (χ3n) is 4.70. The maximum Gasteiger partial charge on any atom is 0.223 e. The number of rotatable bonds is 4. The molecule has 0 radical (unpaired) electrons. The summed E-state index contributed by atoms with van der Waals surface area (Å²) in [5, 5.41) is 3.24. The zero-order chi connectivity index (χ0) is 11.2. The predicted molar refractivity (Wildman–Crippen MR) is 61.0 cm³/mol. The van der Waals surface area contributed by atoms with Crippen LogP contribution in [0, 0.1) is 11.3 Å². The van der Waals surface area contributed by atoms with E-state index >= 15 is 0 Å². The third kappa shape index (κ3) is 1.48. The molecule has 0 bridgehead atoms. The van der Waals surface area contributed by atoms with Crippen LogP contribution in [0.1, 0.15) is 45.4 Å². The van der Waals surface area contributed by atoms with Crippen molar-refractivity contribution in [2.45, 2.75) is 57.6 Å². The van der Waals surface area contributed by atoms with E-state index in [-0.39, 0.29) is 0 Å². The van der Waals surface area contributed by atoms with Crippen molar-refractivity contribution in [2.24, 2.45) is 11.3 Å². The van der Waals surface area contributed by atoms with Gasteiger partial charge in [0, 0.05) is 24.0 Å². The van der Waals surface area contributed by atoms with Crippen molar-refractivity contribution >= 4 is 5.91 Å². The Hall–Kier alpha value is -0.570. The van der Waals surface area contributed by atoms with E-state index in [0.29, 0.717) is 29.4 Å². The molecule has 1 N–H and O–H groups in total. The van der Waals surface area contributed by atoms with Gasteiger partial charge in [0.2, 0.25) is 5.91 Å². The number of hydrogen-bond acceptors (Lipinski definition) is 2. The molecule has 0 aromatic carbocycles. The molecule has 0 aromatic rings. The predicted octanol–water partition coefficient (Wildman–Crippen LogP) is 1.86. The molecule has 3 rings (SSSR count). The van der Waals surface area contributed by atoms with Crippen molar-refractivity contribution in [3.63, 3.8) is 0 Å². The number of carbonyl (C=O) groups is 1. The quantitative estimate of drug-likeness (QED) is 0.790. The van der Waals surface area contributed by atoms with Crippen LogP contribution < -0.4 is 5.32 Å². The summed E-state index contributed by atoms with van der Waals surface area (Å²) in [5.41, 5.74) is 0.320. The maximum absolute atomic E-state index is 11.7. The molecule has 1 amide bonds. The van der Waals surface area contributed by atoms with Crippen molar-refractivity contribution in [3.8, 4) is 0 Å². The molecule has 3 nitrogen and oxygen atoms in total. The minimum atomic E-state index is 0.297. The average Bonchev–Trinajstić information content (AvgIpc) is 2.96. The molecule has 3 aliphatic carbocycles. The summed E-state index contributed by atoms with van der Waals surface area (Å²) < 4.78 is 5.77. The van der Waals surface area contributed by atoms with Crippen LogP contribution in [-0.4, -0.2) is 24.7 Å².